The Hall–Kier alpha value is -1.76. The van der Waals surface area contributed by atoms with Crippen molar-refractivity contribution in [2.45, 2.75) is 12.7 Å². The highest BCUT2D eigenvalue weighted by Crippen LogP contribution is 2.29. The van der Waals surface area contributed by atoms with E-state index in [2.05, 4.69) is 5.10 Å². The minimum atomic E-state index is -4.29. The number of benzene rings is 1. The number of nitrogens with zero attached hydrogens (tertiary/aromatic N) is 3. The lowest BCUT2D eigenvalue weighted by atomic mass is 10.1. The fourth-order valence-corrected chi connectivity index (χ4v) is 1.50. The van der Waals surface area contributed by atoms with Crippen LogP contribution in [0, 0.1) is 0 Å². The first kappa shape index (κ1) is 11.7. The second kappa shape index (κ2) is 4.25. The van der Waals surface area contributed by atoms with Crippen LogP contribution in [0.25, 0.3) is 0 Å². The number of nitrogens with two attached hydrogens (primary N) is 1. The summed E-state index contributed by atoms with van der Waals surface area (Å²) in [6.07, 6.45) is -2.83. The molecule has 0 spiro atoms. The van der Waals surface area contributed by atoms with Gasteiger partial charge < -0.3 is 0 Å². The molecule has 1 aliphatic heterocycles. The van der Waals surface area contributed by atoms with Crippen molar-refractivity contribution in [2.24, 2.45) is 10.9 Å². The minimum absolute atomic E-state index is 0.432. The van der Waals surface area contributed by atoms with Crippen molar-refractivity contribution in [3.8, 4) is 0 Å². The van der Waals surface area contributed by atoms with Crippen LogP contribution in [0.5, 0.6) is 0 Å². The van der Waals surface area contributed by atoms with Crippen molar-refractivity contribution in [2.75, 3.05) is 6.67 Å². The minimum Gasteiger partial charge on any atom is -0.278 e. The van der Waals surface area contributed by atoms with Crippen molar-refractivity contribution in [3.63, 3.8) is 0 Å². The van der Waals surface area contributed by atoms with Crippen LogP contribution in [0.3, 0.4) is 0 Å². The molecule has 0 atom stereocenters. The van der Waals surface area contributed by atoms with Crippen LogP contribution in [-0.4, -0.2) is 23.0 Å². The summed E-state index contributed by atoms with van der Waals surface area (Å²) in [5.74, 6) is 5.45. The molecule has 0 saturated carbocycles. The molecule has 0 radical (unpaired) electrons. The molecule has 0 amide bonds. The Labute approximate surface area is 96.1 Å². The highest BCUT2D eigenvalue weighted by atomic mass is 19.4. The van der Waals surface area contributed by atoms with Gasteiger partial charge in [-0.3, -0.25) is 10.0 Å². The Kier molecular flexibility index (Phi) is 2.93. The van der Waals surface area contributed by atoms with Gasteiger partial charge in [-0.05, 0) is 17.7 Å². The Bertz CT molecular complexity index is 413. The number of alkyl halides is 3. The Balaban J connectivity index is 2.02. The highest BCUT2D eigenvalue weighted by molar-refractivity contribution is 5.55. The van der Waals surface area contributed by atoms with Gasteiger partial charge in [-0.1, -0.05) is 12.1 Å². The summed E-state index contributed by atoms with van der Waals surface area (Å²) < 4.78 is 37.0. The number of hydrogen-bond acceptors (Lipinski definition) is 4. The summed E-state index contributed by atoms with van der Waals surface area (Å²) in [6, 6.07) is 5.01. The van der Waals surface area contributed by atoms with Gasteiger partial charge in [0.15, 0.2) is 0 Å². The van der Waals surface area contributed by atoms with Crippen molar-refractivity contribution >= 4 is 6.34 Å². The van der Waals surface area contributed by atoms with Gasteiger partial charge in [-0.2, -0.15) is 18.3 Å². The van der Waals surface area contributed by atoms with E-state index >= 15 is 0 Å². The van der Waals surface area contributed by atoms with E-state index in [0.717, 1.165) is 17.7 Å². The largest absolute Gasteiger partial charge is 0.416 e. The monoisotopic (exact) mass is 244 g/mol. The molecule has 1 heterocycles. The summed E-state index contributed by atoms with van der Waals surface area (Å²) in [4.78, 5) is 0. The molecule has 92 valence electrons. The maximum absolute atomic E-state index is 12.3. The van der Waals surface area contributed by atoms with E-state index in [1.54, 1.807) is 5.01 Å². The molecule has 0 fully saturated rings. The molecule has 2 N–H and O–H groups in total. The smallest absolute Gasteiger partial charge is 0.278 e. The molecule has 0 aliphatic carbocycles. The van der Waals surface area contributed by atoms with Gasteiger partial charge in [0.1, 0.15) is 13.0 Å². The molecule has 1 aromatic rings. The maximum atomic E-state index is 12.3. The van der Waals surface area contributed by atoms with E-state index in [1.807, 2.05) is 0 Å². The average molecular weight is 244 g/mol. The molecule has 0 bridgehead atoms. The molecule has 4 nitrogen and oxygen atoms in total. The second-order valence-corrected chi connectivity index (χ2v) is 3.75. The van der Waals surface area contributed by atoms with E-state index in [4.69, 9.17) is 5.84 Å². The zero-order chi connectivity index (χ0) is 12.5. The summed E-state index contributed by atoms with van der Waals surface area (Å²) in [6.45, 7) is 0.864. The lowest BCUT2D eigenvalue weighted by Gasteiger charge is -2.15. The fourth-order valence-electron chi connectivity index (χ4n) is 1.50. The van der Waals surface area contributed by atoms with Gasteiger partial charge >= 0.3 is 6.18 Å². The molecule has 1 aromatic carbocycles. The van der Waals surface area contributed by atoms with Crippen molar-refractivity contribution in [3.05, 3.63) is 35.4 Å². The van der Waals surface area contributed by atoms with Crippen molar-refractivity contribution in [1.29, 1.82) is 0 Å². The quantitative estimate of drug-likeness (QED) is 0.804. The molecule has 1 aliphatic rings. The number of hydrogen-bond donors (Lipinski definition) is 1. The average Bonchev–Trinajstić information content (AvgIpc) is 2.63. The molecule has 7 heteroatoms. The molecular weight excluding hydrogens is 233 g/mol. The summed E-state index contributed by atoms with van der Waals surface area (Å²) in [7, 11) is 0. The SMILES string of the molecule is NN1C=NN(Cc2ccc(C(F)(F)F)cc2)C1. The third-order valence-corrected chi connectivity index (χ3v) is 2.34. The summed E-state index contributed by atoms with van der Waals surface area (Å²) in [5, 5.41) is 7.02. The lowest BCUT2D eigenvalue weighted by Crippen LogP contribution is -2.31. The Morgan fingerprint density at radius 1 is 1.24 bits per heavy atom. The van der Waals surface area contributed by atoms with E-state index in [1.165, 1.54) is 23.5 Å². The van der Waals surface area contributed by atoms with Crippen LogP contribution in [0.2, 0.25) is 0 Å². The van der Waals surface area contributed by atoms with Gasteiger partial charge in [0, 0.05) is 0 Å². The number of halogens is 3. The number of hydrazine groups is 1. The summed E-state index contributed by atoms with van der Waals surface area (Å²) in [5.41, 5.74) is 0.108. The van der Waals surface area contributed by atoms with Crippen LogP contribution >= 0.6 is 0 Å². The van der Waals surface area contributed by atoms with Crippen LogP contribution < -0.4 is 5.84 Å². The van der Waals surface area contributed by atoms with Gasteiger partial charge in [0.05, 0.1) is 12.1 Å². The topological polar surface area (TPSA) is 44.9 Å². The van der Waals surface area contributed by atoms with Crippen LogP contribution in [0.4, 0.5) is 13.2 Å². The molecule has 0 saturated heterocycles. The maximum Gasteiger partial charge on any atom is 0.416 e. The first-order valence-corrected chi connectivity index (χ1v) is 4.92. The molecule has 0 unspecified atom stereocenters. The van der Waals surface area contributed by atoms with Gasteiger partial charge in [0.25, 0.3) is 0 Å². The van der Waals surface area contributed by atoms with Crippen molar-refractivity contribution in [1.82, 2.24) is 10.0 Å². The highest BCUT2D eigenvalue weighted by Gasteiger charge is 2.29. The zero-order valence-electron chi connectivity index (χ0n) is 8.85. The van der Waals surface area contributed by atoms with E-state index in [9.17, 15) is 13.2 Å². The standard InChI is InChI=1S/C10H11F3N4/c11-10(12,13)9-3-1-8(2-4-9)5-17-7-16(14)6-15-17/h1-4,6H,5,7,14H2. The molecule has 17 heavy (non-hydrogen) atoms. The third-order valence-electron chi connectivity index (χ3n) is 2.34. The van der Waals surface area contributed by atoms with Gasteiger partial charge in [0.2, 0.25) is 0 Å². The Morgan fingerprint density at radius 2 is 1.88 bits per heavy atom. The van der Waals surface area contributed by atoms with E-state index in [0.29, 0.717) is 13.2 Å². The summed E-state index contributed by atoms with van der Waals surface area (Å²) >= 11 is 0. The molecule has 0 aromatic heterocycles. The number of hydrazone groups is 1. The predicted molar refractivity (Wildman–Crippen MR) is 56.4 cm³/mol. The number of rotatable bonds is 2. The first-order valence-electron chi connectivity index (χ1n) is 4.92. The second-order valence-electron chi connectivity index (χ2n) is 3.75. The fraction of sp³-hybridized carbons (Fsp3) is 0.300. The van der Waals surface area contributed by atoms with Gasteiger partial charge in [-0.15, -0.1) is 0 Å². The van der Waals surface area contributed by atoms with Crippen LogP contribution in [0.15, 0.2) is 29.4 Å². The molecular formula is C10H11F3N4. The predicted octanol–water partition coefficient (Wildman–Crippen LogP) is 1.60. The first-order chi connectivity index (χ1) is 7.95. The lowest BCUT2D eigenvalue weighted by molar-refractivity contribution is -0.137. The van der Waals surface area contributed by atoms with Gasteiger partial charge in [-0.25, -0.2) is 5.84 Å². The van der Waals surface area contributed by atoms with Crippen LogP contribution in [-0.2, 0) is 12.7 Å². The van der Waals surface area contributed by atoms with Crippen molar-refractivity contribution < 1.29 is 13.2 Å². The van der Waals surface area contributed by atoms with E-state index < -0.39 is 11.7 Å². The zero-order valence-corrected chi connectivity index (χ0v) is 8.85. The van der Waals surface area contributed by atoms with Crippen LogP contribution in [0.1, 0.15) is 11.1 Å². The normalized spacial score (nSPS) is 15.8. The van der Waals surface area contributed by atoms with E-state index in [-0.39, 0.29) is 0 Å². The third kappa shape index (κ3) is 2.88. The molecule has 2 rings (SSSR count). The Morgan fingerprint density at radius 3 is 2.35 bits per heavy atom.